The van der Waals surface area contributed by atoms with Crippen LogP contribution in [0.15, 0.2) is 48.0 Å². The van der Waals surface area contributed by atoms with E-state index in [-0.39, 0.29) is 25.2 Å². The fourth-order valence-electron chi connectivity index (χ4n) is 3.78. The van der Waals surface area contributed by atoms with Crippen molar-refractivity contribution in [3.05, 3.63) is 59.2 Å². The number of hydrogen-bond donors (Lipinski definition) is 2. The maximum Gasteiger partial charge on any atom is 0.331 e. The van der Waals surface area contributed by atoms with Gasteiger partial charge in [-0.3, -0.25) is 0 Å². The van der Waals surface area contributed by atoms with Gasteiger partial charge in [0.25, 0.3) is 0 Å². The lowest BCUT2D eigenvalue weighted by Crippen LogP contribution is -2.44. The third kappa shape index (κ3) is 5.99. The second-order valence-corrected chi connectivity index (χ2v) is 7.70. The summed E-state index contributed by atoms with van der Waals surface area (Å²) < 4.78 is 33.2. The summed E-state index contributed by atoms with van der Waals surface area (Å²) in [6, 6.07) is 10.8. The zero-order chi connectivity index (χ0) is 24.7. The molecule has 0 radical (unpaired) electrons. The second-order valence-electron chi connectivity index (χ2n) is 7.70. The van der Waals surface area contributed by atoms with E-state index in [0.717, 1.165) is 11.1 Å². The maximum absolute atomic E-state index is 11.6. The van der Waals surface area contributed by atoms with Gasteiger partial charge in [0.05, 0.1) is 47.8 Å². The van der Waals surface area contributed by atoms with Gasteiger partial charge in [0.1, 0.15) is 12.2 Å². The average Bonchev–Trinajstić information content (AvgIpc) is 2.85. The average molecular weight is 475 g/mol. The van der Waals surface area contributed by atoms with E-state index in [0.29, 0.717) is 23.0 Å². The first-order valence-electron chi connectivity index (χ1n) is 10.7. The van der Waals surface area contributed by atoms with Gasteiger partial charge in [-0.15, -0.1) is 0 Å². The van der Waals surface area contributed by atoms with E-state index in [1.807, 2.05) is 12.1 Å². The number of ether oxygens (including phenoxy) is 6. The number of aliphatic hydroxyl groups is 1. The summed E-state index contributed by atoms with van der Waals surface area (Å²) in [6.45, 7) is 0.329. The Labute approximate surface area is 198 Å². The first-order valence-corrected chi connectivity index (χ1v) is 10.7. The standard InChI is InChI=1S/C25H30O9/c1-29-19-7-5-15(9-21(19)31-3)13-33-23-12-17(25(27)28)11-18(26)24(23)34-14-16-6-8-20(30-2)22(10-16)32-4/h5-11,18,23-24,26H,12-14H2,1-4H3,(H,27,28)/t18-,23-,24-/m1/s1. The van der Waals surface area contributed by atoms with E-state index in [4.69, 9.17) is 28.4 Å². The molecule has 3 atom stereocenters. The summed E-state index contributed by atoms with van der Waals surface area (Å²) in [4.78, 5) is 11.6. The molecular formula is C25H30O9. The van der Waals surface area contributed by atoms with Crippen LogP contribution in [0.25, 0.3) is 0 Å². The van der Waals surface area contributed by atoms with Crippen molar-refractivity contribution in [2.24, 2.45) is 0 Å². The summed E-state index contributed by atoms with van der Waals surface area (Å²) in [6.07, 6.45) is -1.19. The molecule has 34 heavy (non-hydrogen) atoms. The molecule has 2 aromatic carbocycles. The number of aliphatic hydroxyl groups excluding tert-OH is 1. The smallest absolute Gasteiger partial charge is 0.331 e. The van der Waals surface area contributed by atoms with Crippen molar-refractivity contribution in [2.45, 2.75) is 37.9 Å². The van der Waals surface area contributed by atoms with Crippen molar-refractivity contribution in [3.63, 3.8) is 0 Å². The minimum absolute atomic E-state index is 0.0794. The zero-order valence-electron chi connectivity index (χ0n) is 19.6. The summed E-state index contributed by atoms with van der Waals surface area (Å²) in [5.41, 5.74) is 1.68. The lowest BCUT2D eigenvalue weighted by atomic mass is 9.91. The number of carboxylic acids is 1. The number of methoxy groups -OCH3 is 4. The molecule has 184 valence electrons. The van der Waals surface area contributed by atoms with Gasteiger partial charge >= 0.3 is 5.97 Å². The Kier molecular flexibility index (Phi) is 8.75. The van der Waals surface area contributed by atoms with E-state index in [1.54, 1.807) is 52.7 Å². The van der Waals surface area contributed by atoms with Crippen LogP contribution < -0.4 is 18.9 Å². The highest BCUT2D eigenvalue weighted by molar-refractivity contribution is 5.87. The van der Waals surface area contributed by atoms with Crippen molar-refractivity contribution in [2.75, 3.05) is 28.4 Å². The summed E-state index contributed by atoms with van der Waals surface area (Å²) in [7, 11) is 6.20. The van der Waals surface area contributed by atoms with Crippen LogP contribution in [0.4, 0.5) is 0 Å². The van der Waals surface area contributed by atoms with Crippen LogP contribution in [0.2, 0.25) is 0 Å². The molecule has 0 aliphatic heterocycles. The number of hydrogen-bond acceptors (Lipinski definition) is 8. The van der Waals surface area contributed by atoms with Crippen LogP contribution in [-0.2, 0) is 27.5 Å². The molecule has 3 rings (SSSR count). The van der Waals surface area contributed by atoms with Crippen LogP contribution >= 0.6 is 0 Å². The Morgan fingerprint density at radius 2 is 1.32 bits per heavy atom. The molecule has 9 nitrogen and oxygen atoms in total. The highest BCUT2D eigenvalue weighted by atomic mass is 16.5. The molecule has 0 bridgehead atoms. The van der Waals surface area contributed by atoms with Crippen LogP contribution in [0.5, 0.6) is 23.0 Å². The predicted molar refractivity (Wildman–Crippen MR) is 123 cm³/mol. The van der Waals surface area contributed by atoms with Crippen molar-refractivity contribution < 1.29 is 43.4 Å². The number of carbonyl (C=O) groups is 1. The summed E-state index contributed by atoms with van der Waals surface area (Å²) in [5, 5.41) is 20.1. The van der Waals surface area contributed by atoms with Crippen LogP contribution in [0, 0.1) is 0 Å². The Bertz CT molecular complexity index is 1020. The lowest BCUT2D eigenvalue weighted by molar-refractivity contribution is -0.140. The Balaban J connectivity index is 1.75. The molecule has 0 spiro atoms. The molecule has 0 amide bonds. The molecule has 0 saturated heterocycles. The minimum Gasteiger partial charge on any atom is -0.493 e. The molecule has 0 saturated carbocycles. The van der Waals surface area contributed by atoms with E-state index < -0.39 is 24.3 Å². The van der Waals surface area contributed by atoms with Crippen molar-refractivity contribution in [1.82, 2.24) is 0 Å². The first-order chi connectivity index (χ1) is 16.4. The van der Waals surface area contributed by atoms with Crippen LogP contribution in [0.1, 0.15) is 17.5 Å². The third-order valence-electron chi connectivity index (χ3n) is 5.57. The molecule has 0 heterocycles. The summed E-state index contributed by atoms with van der Waals surface area (Å²) in [5.74, 6) is 1.19. The normalized spacial score (nSPS) is 19.8. The van der Waals surface area contributed by atoms with Gasteiger partial charge in [0.2, 0.25) is 0 Å². The zero-order valence-corrected chi connectivity index (χ0v) is 19.6. The van der Waals surface area contributed by atoms with E-state index >= 15 is 0 Å². The van der Waals surface area contributed by atoms with Gasteiger partial charge in [0, 0.05) is 12.0 Å². The summed E-state index contributed by atoms with van der Waals surface area (Å²) >= 11 is 0. The second kappa shape index (κ2) is 11.7. The maximum atomic E-state index is 11.6. The largest absolute Gasteiger partial charge is 0.493 e. The Morgan fingerprint density at radius 3 is 1.79 bits per heavy atom. The van der Waals surface area contributed by atoms with Crippen LogP contribution in [-0.4, -0.2) is 62.9 Å². The van der Waals surface area contributed by atoms with Gasteiger partial charge in [-0.2, -0.15) is 0 Å². The van der Waals surface area contributed by atoms with E-state index in [9.17, 15) is 15.0 Å². The van der Waals surface area contributed by atoms with E-state index in [2.05, 4.69) is 0 Å². The van der Waals surface area contributed by atoms with Crippen molar-refractivity contribution in [1.29, 1.82) is 0 Å². The topological polar surface area (TPSA) is 113 Å². The number of rotatable bonds is 11. The number of carboxylic acid groups (broad SMARTS) is 1. The third-order valence-corrected chi connectivity index (χ3v) is 5.57. The SMILES string of the molecule is COc1ccc(CO[C@@H]2[C@H](O)C=C(C(=O)O)C[C@H]2OCc2ccc(OC)c(OC)c2)cc1OC. The number of benzene rings is 2. The van der Waals surface area contributed by atoms with Gasteiger partial charge in [0.15, 0.2) is 23.0 Å². The number of aliphatic carboxylic acids is 1. The molecular weight excluding hydrogens is 444 g/mol. The monoisotopic (exact) mass is 474 g/mol. The van der Waals surface area contributed by atoms with Crippen molar-refractivity contribution in [3.8, 4) is 23.0 Å². The quantitative estimate of drug-likeness (QED) is 0.507. The van der Waals surface area contributed by atoms with Crippen LogP contribution in [0.3, 0.4) is 0 Å². The molecule has 9 heteroatoms. The minimum atomic E-state index is -1.14. The molecule has 0 aromatic heterocycles. The van der Waals surface area contributed by atoms with Crippen molar-refractivity contribution >= 4 is 5.97 Å². The molecule has 0 fully saturated rings. The highest BCUT2D eigenvalue weighted by Gasteiger charge is 2.36. The fourth-order valence-corrected chi connectivity index (χ4v) is 3.78. The molecule has 1 aliphatic carbocycles. The van der Waals surface area contributed by atoms with E-state index in [1.165, 1.54) is 6.08 Å². The van der Waals surface area contributed by atoms with Gasteiger partial charge in [-0.1, -0.05) is 12.1 Å². The molecule has 2 N–H and O–H groups in total. The predicted octanol–water partition coefficient (Wildman–Crippen LogP) is 2.97. The van der Waals surface area contributed by atoms with Gasteiger partial charge < -0.3 is 38.6 Å². The molecule has 2 aromatic rings. The lowest BCUT2D eigenvalue weighted by Gasteiger charge is -2.34. The van der Waals surface area contributed by atoms with Gasteiger partial charge in [-0.05, 0) is 41.5 Å². The Morgan fingerprint density at radius 1 is 0.824 bits per heavy atom. The Hall–Kier alpha value is -3.27. The first kappa shape index (κ1) is 25.4. The highest BCUT2D eigenvalue weighted by Crippen LogP contribution is 2.31. The van der Waals surface area contributed by atoms with Gasteiger partial charge in [-0.25, -0.2) is 4.79 Å². The fraction of sp³-hybridized carbons (Fsp3) is 0.400. The molecule has 0 unspecified atom stereocenters. The molecule has 1 aliphatic rings.